The van der Waals surface area contributed by atoms with Gasteiger partial charge in [0.1, 0.15) is 16.9 Å². The molecule has 11 heteroatoms. The summed E-state index contributed by atoms with van der Waals surface area (Å²) in [5.74, 6) is -3.15. The molecule has 1 unspecified atom stereocenters. The Kier molecular flexibility index (Phi) is 7.83. The fourth-order valence-corrected chi connectivity index (χ4v) is 3.31. The van der Waals surface area contributed by atoms with Gasteiger partial charge in [0.15, 0.2) is 0 Å². The molecule has 1 aliphatic rings. The first-order chi connectivity index (χ1) is 16.1. The van der Waals surface area contributed by atoms with Crippen molar-refractivity contribution in [3.8, 4) is 0 Å². The van der Waals surface area contributed by atoms with Gasteiger partial charge in [-0.25, -0.2) is 9.18 Å². The summed E-state index contributed by atoms with van der Waals surface area (Å²) in [6.45, 7) is 3.32. The van der Waals surface area contributed by atoms with Gasteiger partial charge in [-0.15, -0.1) is 0 Å². The minimum Gasteiger partial charge on any atom is -0.446 e. The van der Waals surface area contributed by atoms with E-state index in [1.54, 1.807) is 13.8 Å². The molecule has 180 valence electrons. The van der Waals surface area contributed by atoms with Crippen LogP contribution < -0.4 is 10.6 Å². The molecule has 34 heavy (non-hydrogen) atoms. The van der Waals surface area contributed by atoms with Crippen LogP contribution in [0.15, 0.2) is 42.5 Å². The number of esters is 1. The van der Waals surface area contributed by atoms with E-state index < -0.39 is 52.3 Å². The largest absolute Gasteiger partial charge is 0.446 e. The number of nitrogens with zero attached hydrogens (tertiary/aromatic N) is 1. The maximum atomic E-state index is 13.4. The van der Waals surface area contributed by atoms with Crippen LogP contribution in [0.25, 0.3) is 0 Å². The molecule has 0 aromatic heterocycles. The van der Waals surface area contributed by atoms with Crippen molar-refractivity contribution >= 4 is 35.1 Å². The number of nitro benzene ring substituents is 1. The van der Waals surface area contributed by atoms with Gasteiger partial charge in [0.25, 0.3) is 17.5 Å². The lowest BCUT2D eigenvalue weighted by atomic mass is 10.0. The zero-order valence-corrected chi connectivity index (χ0v) is 19.2. The lowest BCUT2D eigenvalue weighted by Gasteiger charge is -2.24. The highest BCUT2D eigenvalue weighted by Crippen LogP contribution is 2.26. The number of nitrogens with one attached hydrogen (secondary N) is 2. The highest BCUT2D eigenvalue weighted by atomic mass is 35.5. The number of nitro groups is 1. The van der Waals surface area contributed by atoms with E-state index in [1.807, 2.05) is 0 Å². The minimum atomic E-state index is -1.34. The van der Waals surface area contributed by atoms with Gasteiger partial charge >= 0.3 is 5.97 Å². The van der Waals surface area contributed by atoms with Gasteiger partial charge < -0.3 is 15.4 Å². The Morgan fingerprint density at radius 3 is 2.35 bits per heavy atom. The molecule has 1 saturated carbocycles. The Bertz CT molecular complexity index is 1100. The van der Waals surface area contributed by atoms with Gasteiger partial charge in [-0.05, 0) is 43.0 Å². The summed E-state index contributed by atoms with van der Waals surface area (Å²) >= 11 is 5.79. The second kappa shape index (κ2) is 10.6. The Balaban J connectivity index is 1.79. The molecule has 2 aromatic rings. The predicted molar refractivity (Wildman–Crippen MR) is 121 cm³/mol. The van der Waals surface area contributed by atoms with Crippen LogP contribution in [-0.2, 0) is 14.3 Å². The monoisotopic (exact) mass is 491 g/mol. The summed E-state index contributed by atoms with van der Waals surface area (Å²) in [7, 11) is 0. The second-order valence-electron chi connectivity index (χ2n) is 8.27. The standard InChI is InChI=1S/C23H23ClFN3O6/c1-12(2)19(27-21(29)14-5-10-17(24)18(11-14)28(32)33)23(31)34-20(22(30)26-16-8-9-16)13-3-6-15(25)7-4-13/h3-7,10-12,16,19-20H,8-9H2,1-2H3,(H,26,30)(H,27,29)/t19-,20?/m0/s1. The van der Waals surface area contributed by atoms with Gasteiger partial charge in [0, 0.05) is 23.2 Å². The number of hydrogen-bond acceptors (Lipinski definition) is 6. The number of hydrogen-bond donors (Lipinski definition) is 2. The van der Waals surface area contributed by atoms with Crippen LogP contribution in [0.2, 0.25) is 5.02 Å². The van der Waals surface area contributed by atoms with E-state index in [-0.39, 0.29) is 22.2 Å². The first kappa shape index (κ1) is 25.1. The van der Waals surface area contributed by atoms with Gasteiger partial charge in [-0.3, -0.25) is 19.7 Å². The Hall–Kier alpha value is -3.53. The first-order valence-electron chi connectivity index (χ1n) is 10.6. The summed E-state index contributed by atoms with van der Waals surface area (Å²) in [5.41, 5.74) is -0.253. The van der Waals surface area contributed by atoms with Crippen LogP contribution in [0.4, 0.5) is 10.1 Å². The van der Waals surface area contributed by atoms with E-state index in [0.29, 0.717) is 0 Å². The van der Waals surface area contributed by atoms with Gasteiger partial charge in [-0.2, -0.15) is 0 Å². The van der Waals surface area contributed by atoms with Crippen molar-refractivity contribution in [2.75, 3.05) is 0 Å². The fraction of sp³-hybridized carbons (Fsp3) is 0.348. The van der Waals surface area contributed by atoms with E-state index in [1.165, 1.54) is 24.3 Å². The van der Waals surface area contributed by atoms with Crippen LogP contribution in [0.1, 0.15) is 48.7 Å². The van der Waals surface area contributed by atoms with E-state index in [9.17, 15) is 28.9 Å². The molecule has 0 saturated heterocycles. The third-order valence-electron chi connectivity index (χ3n) is 5.18. The number of halogens is 2. The van der Waals surface area contributed by atoms with Gasteiger partial charge in [0.2, 0.25) is 6.10 Å². The van der Waals surface area contributed by atoms with E-state index in [0.717, 1.165) is 31.0 Å². The maximum absolute atomic E-state index is 13.4. The predicted octanol–water partition coefficient (Wildman–Crippen LogP) is 3.70. The highest BCUT2D eigenvalue weighted by molar-refractivity contribution is 6.32. The van der Waals surface area contributed by atoms with E-state index in [4.69, 9.17) is 16.3 Å². The first-order valence-corrected chi connectivity index (χ1v) is 11.0. The number of amides is 2. The van der Waals surface area contributed by atoms with Crippen molar-refractivity contribution in [2.45, 2.75) is 44.9 Å². The van der Waals surface area contributed by atoms with Crippen molar-refractivity contribution in [2.24, 2.45) is 5.92 Å². The molecule has 2 amide bonds. The normalized spacial score (nSPS) is 14.7. The highest BCUT2D eigenvalue weighted by Gasteiger charge is 2.34. The maximum Gasteiger partial charge on any atom is 0.330 e. The number of carbonyl (C=O) groups excluding carboxylic acids is 3. The quantitative estimate of drug-likeness (QED) is 0.313. The smallest absolute Gasteiger partial charge is 0.330 e. The van der Waals surface area contributed by atoms with Crippen molar-refractivity contribution in [1.29, 1.82) is 0 Å². The van der Waals surface area contributed by atoms with Crippen LogP contribution in [-0.4, -0.2) is 34.8 Å². The van der Waals surface area contributed by atoms with Crippen LogP contribution >= 0.6 is 11.6 Å². The molecule has 0 aliphatic heterocycles. The van der Waals surface area contributed by atoms with Crippen molar-refractivity contribution in [3.63, 3.8) is 0 Å². The van der Waals surface area contributed by atoms with Gasteiger partial charge in [0.05, 0.1) is 4.92 Å². The van der Waals surface area contributed by atoms with Crippen LogP contribution in [0, 0.1) is 21.8 Å². The van der Waals surface area contributed by atoms with Crippen molar-refractivity contribution in [1.82, 2.24) is 10.6 Å². The molecule has 9 nitrogen and oxygen atoms in total. The average molecular weight is 492 g/mol. The molecule has 1 fully saturated rings. The van der Waals surface area contributed by atoms with Gasteiger partial charge in [-0.1, -0.05) is 37.6 Å². The zero-order chi connectivity index (χ0) is 25.0. The summed E-state index contributed by atoms with van der Waals surface area (Å²) < 4.78 is 18.9. The molecular formula is C23H23ClFN3O6. The average Bonchev–Trinajstić information content (AvgIpc) is 3.60. The van der Waals surface area contributed by atoms with Crippen LogP contribution in [0.5, 0.6) is 0 Å². The molecular weight excluding hydrogens is 469 g/mol. The molecule has 2 aromatic carbocycles. The summed E-state index contributed by atoms with van der Waals surface area (Å²) in [6.07, 6.45) is 0.282. The molecule has 1 aliphatic carbocycles. The van der Waals surface area contributed by atoms with E-state index >= 15 is 0 Å². The number of ether oxygens (including phenoxy) is 1. The topological polar surface area (TPSA) is 128 Å². The zero-order valence-electron chi connectivity index (χ0n) is 18.4. The Morgan fingerprint density at radius 1 is 1.15 bits per heavy atom. The molecule has 2 atom stereocenters. The fourth-order valence-electron chi connectivity index (χ4n) is 3.12. The summed E-state index contributed by atoms with van der Waals surface area (Å²) in [6, 6.07) is 7.32. The minimum absolute atomic E-state index is 0.00422. The van der Waals surface area contributed by atoms with Crippen molar-refractivity contribution in [3.05, 3.63) is 74.5 Å². The number of carbonyl (C=O) groups is 3. The summed E-state index contributed by atoms with van der Waals surface area (Å²) in [4.78, 5) is 48.9. The SMILES string of the molecule is CC(C)[C@H](NC(=O)c1ccc(Cl)c([N+](=O)[O-])c1)C(=O)OC(C(=O)NC1CC1)c1ccc(F)cc1. The summed E-state index contributed by atoms with van der Waals surface area (Å²) in [5, 5.41) is 16.2. The molecule has 0 spiro atoms. The lowest BCUT2D eigenvalue weighted by Crippen LogP contribution is -2.46. The third kappa shape index (κ3) is 6.28. The Labute approximate surface area is 199 Å². The third-order valence-corrected chi connectivity index (χ3v) is 5.50. The van der Waals surface area contributed by atoms with Crippen molar-refractivity contribution < 1.29 is 28.4 Å². The second-order valence-corrected chi connectivity index (χ2v) is 8.68. The number of rotatable bonds is 9. The lowest BCUT2D eigenvalue weighted by molar-refractivity contribution is -0.384. The molecule has 3 rings (SSSR count). The molecule has 0 bridgehead atoms. The Morgan fingerprint density at radius 2 is 1.79 bits per heavy atom. The molecule has 0 heterocycles. The van der Waals surface area contributed by atoms with Crippen LogP contribution in [0.3, 0.4) is 0 Å². The van der Waals surface area contributed by atoms with E-state index in [2.05, 4.69) is 10.6 Å². The molecule has 0 radical (unpaired) electrons. The number of benzene rings is 2. The molecule has 2 N–H and O–H groups in total.